The summed E-state index contributed by atoms with van der Waals surface area (Å²) in [5.74, 6) is -1.02. The van der Waals surface area contributed by atoms with Crippen molar-refractivity contribution >= 4 is 35.0 Å². The van der Waals surface area contributed by atoms with E-state index < -0.39 is 11.8 Å². The third-order valence-corrected chi connectivity index (χ3v) is 2.30. The number of halogens is 2. The van der Waals surface area contributed by atoms with Gasteiger partial charge in [0.1, 0.15) is 10.2 Å². The van der Waals surface area contributed by atoms with Gasteiger partial charge in [-0.3, -0.25) is 9.59 Å². The number of nitrogens with one attached hydrogen (secondary N) is 2. The molecule has 90 valence electrons. The fourth-order valence-electron chi connectivity index (χ4n) is 1.09. The van der Waals surface area contributed by atoms with Gasteiger partial charge >= 0.3 is 0 Å². The highest BCUT2D eigenvalue weighted by Gasteiger charge is 2.16. The summed E-state index contributed by atoms with van der Waals surface area (Å²) in [6.07, 6.45) is 0. The maximum atomic E-state index is 11.7. The molecule has 2 N–H and O–H groups in total. The molecule has 1 rings (SSSR count). The van der Waals surface area contributed by atoms with E-state index in [1.54, 1.807) is 30.3 Å². The molecule has 0 spiro atoms. The second-order valence-electron chi connectivity index (χ2n) is 3.03. The largest absolute Gasteiger partial charge is 0.354 e. The standard InChI is InChI=1S/C11H10Cl2N2O2/c1-14-11(17)8(9(12)13)15-10(16)7-5-3-2-4-6-7/h2-6H,1H3,(H,14,17)(H,15,16). The van der Waals surface area contributed by atoms with E-state index in [0.717, 1.165) is 0 Å². The highest BCUT2D eigenvalue weighted by Crippen LogP contribution is 2.12. The van der Waals surface area contributed by atoms with Crippen molar-refractivity contribution in [2.75, 3.05) is 7.05 Å². The molecule has 0 atom stereocenters. The van der Waals surface area contributed by atoms with Gasteiger partial charge < -0.3 is 10.6 Å². The predicted molar refractivity (Wildman–Crippen MR) is 66.7 cm³/mol. The summed E-state index contributed by atoms with van der Waals surface area (Å²) in [6, 6.07) is 8.42. The van der Waals surface area contributed by atoms with Crippen molar-refractivity contribution in [1.29, 1.82) is 0 Å². The molecule has 0 saturated carbocycles. The lowest BCUT2D eigenvalue weighted by Gasteiger charge is -2.08. The highest BCUT2D eigenvalue weighted by molar-refractivity contribution is 6.57. The molecule has 0 aromatic heterocycles. The van der Waals surface area contributed by atoms with E-state index in [1.807, 2.05) is 0 Å². The molecule has 1 aromatic rings. The van der Waals surface area contributed by atoms with Crippen molar-refractivity contribution < 1.29 is 9.59 Å². The first-order chi connectivity index (χ1) is 8.06. The summed E-state index contributed by atoms with van der Waals surface area (Å²) in [5, 5.41) is 4.67. The van der Waals surface area contributed by atoms with E-state index in [0.29, 0.717) is 5.56 Å². The molecule has 0 fully saturated rings. The quantitative estimate of drug-likeness (QED) is 0.825. The Morgan fingerprint density at radius 1 is 1.12 bits per heavy atom. The van der Waals surface area contributed by atoms with Crippen molar-refractivity contribution in [2.24, 2.45) is 0 Å². The summed E-state index contributed by atoms with van der Waals surface area (Å²) in [7, 11) is 1.41. The molecule has 0 bridgehead atoms. The van der Waals surface area contributed by atoms with Gasteiger partial charge in [-0.25, -0.2) is 0 Å². The first-order valence-corrected chi connectivity index (χ1v) is 5.45. The Kier molecular flexibility index (Phi) is 5.00. The van der Waals surface area contributed by atoms with Crippen molar-refractivity contribution in [3.63, 3.8) is 0 Å². The zero-order valence-electron chi connectivity index (χ0n) is 8.96. The van der Waals surface area contributed by atoms with Crippen LogP contribution in [0.4, 0.5) is 0 Å². The zero-order valence-corrected chi connectivity index (χ0v) is 10.5. The van der Waals surface area contributed by atoms with E-state index in [1.165, 1.54) is 7.05 Å². The van der Waals surface area contributed by atoms with Gasteiger partial charge in [-0.15, -0.1) is 0 Å². The second kappa shape index (κ2) is 6.27. The molecule has 0 unspecified atom stereocenters. The Balaban J connectivity index is 2.87. The Morgan fingerprint density at radius 3 is 2.18 bits per heavy atom. The molecule has 0 aliphatic carbocycles. The SMILES string of the molecule is CNC(=O)C(NC(=O)c1ccccc1)=C(Cl)Cl. The van der Waals surface area contributed by atoms with Gasteiger partial charge in [-0.1, -0.05) is 41.4 Å². The minimum Gasteiger partial charge on any atom is -0.354 e. The molecule has 4 nitrogen and oxygen atoms in total. The molecular weight excluding hydrogens is 263 g/mol. The molecule has 0 aliphatic rings. The summed E-state index contributed by atoms with van der Waals surface area (Å²) in [5.41, 5.74) is 0.230. The van der Waals surface area contributed by atoms with Crippen molar-refractivity contribution in [3.05, 3.63) is 46.1 Å². The topological polar surface area (TPSA) is 58.2 Å². The molecule has 0 saturated heterocycles. The third-order valence-electron chi connectivity index (χ3n) is 1.92. The first kappa shape index (κ1) is 13.5. The Labute approximate surface area is 109 Å². The number of rotatable bonds is 3. The van der Waals surface area contributed by atoms with E-state index in [2.05, 4.69) is 10.6 Å². The van der Waals surface area contributed by atoms with Crippen molar-refractivity contribution in [3.8, 4) is 0 Å². The lowest BCUT2D eigenvalue weighted by Crippen LogP contribution is -2.33. The lowest BCUT2D eigenvalue weighted by atomic mass is 10.2. The summed E-state index contributed by atoms with van der Waals surface area (Å²) < 4.78 is -0.298. The number of likely N-dealkylation sites (N-methyl/N-ethyl adjacent to an activating group) is 1. The van der Waals surface area contributed by atoms with Gasteiger partial charge in [0, 0.05) is 12.6 Å². The number of benzene rings is 1. The molecular formula is C11H10Cl2N2O2. The van der Waals surface area contributed by atoms with Gasteiger partial charge in [-0.2, -0.15) is 0 Å². The fourth-order valence-corrected chi connectivity index (χ4v) is 1.36. The van der Waals surface area contributed by atoms with Crippen molar-refractivity contribution in [1.82, 2.24) is 10.6 Å². The van der Waals surface area contributed by atoms with Gasteiger partial charge in [0.15, 0.2) is 0 Å². The highest BCUT2D eigenvalue weighted by atomic mass is 35.5. The maximum Gasteiger partial charge on any atom is 0.270 e. The minimum absolute atomic E-state index is 0.176. The molecule has 17 heavy (non-hydrogen) atoms. The molecule has 1 aromatic carbocycles. The summed E-state index contributed by atoms with van der Waals surface area (Å²) in [6.45, 7) is 0. The van der Waals surface area contributed by atoms with E-state index >= 15 is 0 Å². The number of carbonyl (C=O) groups is 2. The zero-order chi connectivity index (χ0) is 12.8. The monoisotopic (exact) mass is 272 g/mol. The summed E-state index contributed by atoms with van der Waals surface area (Å²) >= 11 is 11.0. The number of amides is 2. The summed E-state index contributed by atoms with van der Waals surface area (Å²) in [4.78, 5) is 23.1. The van der Waals surface area contributed by atoms with Crippen LogP contribution in [0.15, 0.2) is 40.5 Å². The normalized spacial score (nSPS) is 9.35. The van der Waals surface area contributed by atoms with Gasteiger partial charge in [-0.05, 0) is 12.1 Å². The minimum atomic E-state index is -0.561. The Bertz CT molecular complexity index is 454. The average Bonchev–Trinajstić information content (AvgIpc) is 2.35. The van der Waals surface area contributed by atoms with Gasteiger partial charge in [0.2, 0.25) is 0 Å². The Hall–Kier alpha value is -1.52. The van der Waals surface area contributed by atoms with Crippen LogP contribution in [0.3, 0.4) is 0 Å². The predicted octanol–water partition coefficient (Wildman–Crippen LogP) is 1.81. The number of carbonyl (C=O) groups excluding carboxylic acids is 2. The molecule has 6 heteroatoms. The second-order valence-corrected chi connectivity index (χ2v) is 3.98. The molecule has 0 radical (unpaired) electrons. The number of hydrogen-bond donors (Lipinski definition) is 2. The van der Waals surface area contributed by atoms with E-state index in [-0.39, 0.29) is 10.2 Å². The fraction of sp³-hybridized carbons (Fsp3) is 0.0909. The van der Waals surface area contributed by atoms with Crippen LogP contribution in [0.2, 0.25) is 0 Å². The van der Waals surface area contributed by atoms with Crippen LogP contribution >= 0.6 is 23.2 Å². The average molecular weight is 273 g/mol. The van der Waals surface area contributed by atoms with Crippen molar-refractivity contribution in [2.45, 2.75) is 0 Å². The van der Waals surface area contributed by atoms with E-state index in [4.69, 9.17) is 23.2 Å². The van der Waals surface area contributed by atoms with E-state index in [9.17, 15) is 9.59 Å². The van der Waals surface area contributed by atoms with Crippen LogP contribution in [0.1, 0.15) is 10.4 Å². The smallest absolute Gasteiger partial charge is 0.270 e. The molecule has 2 amide bonds. The molecule has 0 aliphatic heterocycles. The lowest BCUT2D eigenvalue weighted by molar-refractivity contribution is -0.117. The van der Waals surface area contributed by atoms with Gasteiger partial charge in [0.25, 0.3) is 11.8 Å². The van der Waals surface area contributed by atoms with Crippen LogP contribution in [0, 0.1) is 0 Å². The first-order valence-electron chi connectivity index (χ1n) is 4.70. The van der Waals surface area contributed by atoms with Crippen LogP contribution < -0.4 is 10.6 Å². The van der Waals surface area contributed by atoms with Crippen LogP contribution in [0.25, 0.3) is 0 Å². The van der Waals surface area contributed by atoms with Crippen LogP contribution in [-0.2, 0) is 4.79 Å². The Morgan fingerprint density at radius 2 is 1.71 bits per heavy atom. The number of hydrogen-bond acceptors (Lipinski definition) is 2. The van der Waals surface area contributed by atoms with Crippen LogP contribution in [0.5, 0.6) is 0 Å². The maximum absolute atomic E-state index is 11.7. The molecule has 0 heterocycles. The third kappa shape index (κ3) is 3.76. The van der Waals surface area contributed by atoms with Crippen LogP contribution in [-0.4, -0.2) is 18.9 Å². The van der Waals surface area contributed by atoms with Gasteiger partial charge in [0.05, 0.1) is 0 Å².